The van der Waals surface area contributed by atoms with Gasteiger partial charge < -0.3 is 15.5 Å². The zero-order valence-corrected chi connectivity index (χ0v) is 17.8. The van der Waals surface area contributed by atoms with Gasteiger partial charge in [-0.2, -0.15) is 0 Å². The predicted molar refractivity (Wildman–Crippen MR) is 121 cm³/mol. The van der Waals surface area contributed by atoms with Crippen molar-refractivity contribution in [3.8, 4) is 0 Å². The van der Waals surface area contributed by atoms with E-state index in [4.69, 9.17) is 0 Å². The minimum absolute atomic E-state index is 0.0744. The summed E-state index contributed by atoms with van der Waals surface area (Å²) >= 11 is 0. The molecule has 0 spiro atoms. The lowest BCUT2D eigenvalue weighted by molar-refractivity contribution is -0.121. The van der Waals surface area contributed by atoms with Crippen molar-refractivity contribution in [2.75, 3.05) is 23.7 Å². The van der Waals surface area contributed by atoms with Crippen molar-refractivity contribution in [1.82, 2.24) is 4.90 Å². The van der Waals surface area contributed by atoms with E-state index in [-0.39, 0.29) is 17.8 Å². The summed E-state index contributed by atoms with van der Waals surface area (Å²) in [7, 11) is 0. The number of amides is 3. The normalized spacial score (nSPS) is 18.3. The van der Waals surface area contributed by atoms with Crippen LogP contribution >= 0.6 is 0 Å². The van der Waals surface area contributed by atoms with Crippen molar-refractivity contribution < 1.29 is 14.0 Å². The second-order valence-electron chi connectivity index (χ2n) is 8.66. The van der Waals surface area contributed by atoms with E-state index in [0.29, 0.717) is 24.2 Å². The molecule has 0 radical (unpaired) electrons. The van der Waals surface area contributed by atoms with Gasteiger partial charge in [-0.25, -0.2) is 9.18 Å². The van der Waals surface area contributed by atoms with Crippen molar-refractivity contribution in [2.24, 2.45) is 0 Å². The average Bonchev–Trinajstić information content (AvgIpc) is 3.12. The van der Waals surface area contributed by atoms with Crippen molar-refractivity contribution in [1.29, 1.82) is 0 Å². The zero-order valence-electron chi connectivity index (χ0n) is 17.8. The highest BCUT2D eigenvalue weighted by Gasteiger charge is 2.42. The lowest BCUT2D eigenvalue weighted by Crippen LogP contribution is -2.38. The van der Waals surface area contributed by atoms with Gasteiger partial charge in [0, 0.05) is 24.5 Å². The number of halogens is 1. The molecule has 164 valence electrons. The molecule has 2 aromatic rings. The number of benzene rings is 2. The van der Waals surface area contributed by atoms with Crippen LogP contribution in [0.25, 0.3) is 0 Å². The number of hydrogen-bond donors (Lipinski definition) is 2. The number of urea groups is 1. The number of likely N-dealkylation sites (tertiary alicyclic amines) is 1. The Balaban J connectivity index is 1.42. The monoisotopic (exact) mass is 423 g/mol. The Labute approximate surface area is 183 Å². The van der Waals surface area contributed by atoms with Gasteiger partial charge in [-0.1, -0.05) is 37.8 Å². The van der Waals surface area contributed by atoms with Crippen LogP contribution in [-0.2, 0) is 10.2 Å². The van der Waals surface area contributed by atoms with Gasteiger partial charge in [0.25, 0.3) is 0 Å². The SMILES string of the molecule is O=C(Nc1ccc(NC(=O)C2(c3cccc(F)c3)CCCC2)cc1)N1CCCCCC1. The highest BCUT2D eigenvalue weighted by Crippen LogP contribution is 2.42. The second-order valence-corrected chi connectivity index (χ2v) is 8.66. The Bertz CT molecular complexity index is 915. The molecule has 0 unspecified atom stereocenters. The Kier molecular flexibility index (Phi) is 6.54. The van der Waals surface area contributed by atoms with Gasteiger partial charge in [-0.05, 0) is 67.6 Å². The topological polar surface area (TPSA) is 61.4 Å². The molecular weight excluding hydrogens is 393 g/mol. The van der Waals surface area contributed by atoms with Crippen LogP contribution in [0, 0.1) is 5.82 Å². The van der Waals surface area contributed by atoms with E-state index in [1.54, 1.807) is 30.3 Å². The third kappa shape index (κ3) is 4.89. The summed E-state index contributed by atoms with van der Waals surface area (Å²) in [6.45, 7) is 1.59. The number of rotatable bonds is 4. The van der Waals surface area contributed by atoms with Crippen LogP contribution in [-0.4, -0.2) is 29.9 Å². The number of nitrogens with one attached hydrogen (secondary N) is 2. The van der Waals surface area contributed by atoms with Gasteiger partial charge in [-0.3, -0.25) is 4.79 Å². The maximum atomic E-state index is 13.8. The maximum Gasteiger partial charge on any atom is 0.321 e. The quantitative estimate of drug-likeness (QED) is 0.664. The van der Waals surface area contributed by atoms with Crippen LogP contribution in [0.1, 0.15) is 56.9 Å². The first-order valence-electron chi connectivity index (χ1n) is 11.3. The fraction of sp³-hybridized carbons (Fsp3) is 0.440. The zero-order chi connectivity index (χ0) is 21.7. The van der Waals surface area contributed by atoms with Crippen molar-refractivity contribution in [3.63, 3.8) is 0 Å². The smallest absolute Gasteiger partial charge is 0.321 e. The molecule has 2 aromatic carbocycles. The van der Waals surface area contributed by atoms with Crippen molar-refractivity contribution in [3.05, 3.63) is 59.9 Å². The van der Waals surface area contributed by atoms with Crippen LogP contribution < -0.4 is 10.6 Å². The summed E-state index contributed by atoms with van der Waals surface area (Å²) in [6, 6.07) is 13.5. The number of hydrogen-bond acceptors (Lipinski definition) is 2. The van der Waals surface area contributed by atoms with Crippen LogP contribution in [0.3, 0.4) is 0 Å². The van der Waals surface area contributed by atoms with Crippen molar-refractivity contribution >= 4 is 23.3 Å². The van der Waals surface area contributed by atoms with Gasteiger partial charge in [-0.15, -0.1) is 0 Å². The summed E-state index contributed by atoms with van der Waals surface area (Å²) in [5, 5.41) is 5.96. The lowest BCUT2D eigenvalue weighted by atomic mass is 9.78. The van der Waals surface area contributed by atoms with Gasteiger partial charge in [0.2, 0.25) is 5.91 Å². The molecule has 0 bridgehead atoms. The van der Waals surface area contributed by atoms with E-state index in [2.05, 4.69) is 10.6 Å². The summed E-state index contributed by atoms with van der Waals surface area (Å²) in [4.78, 5) is 27.6. The molecule has 1 saturated carbocycles. The molecule has 2 aliphatic rings. The number of carbonyl (C=O) groups excluding carboxylic acids is 2. The standard InChI is InChI=1S/C25H30FN3O2/c26-20-9-7-8-19(18-20)25(14-3-4-15-25)23(30)27-21-10-12-22(13-11-21)28-24(31)29-16-5-1-2-6-17-29/h7-13,18H,1-6,14-17H2,(H,27,30)(H,28,31). The fourth-order valence-corrected chi connectivity index (χ4v) is 4.78. The first-order chi connectivity index (χ1) is 15.1. The largest absolute Gasteiger partial charge is 0.325 e. The molecule has 31 heavy (non-hydrogen) atoms. The first-order valence-corrected chi connectivity index (χ1v) is 11.3. The van der Waals surface area contributed by atoms with E-state index >= 15 is 0 Å². The highest BCUT2D eigenvalue weighted by atomic mass is 19.1. The summed E-state index contributed by atoms with van der Waals surface area (Å²) in [6.07, 6.45) is 7.77. The fourth-order valence-electron chi connectivity index (χ4n) is 4.78. The second kappa shape index (κ2) is 9.50. The molecule has 0 atom stereocenters. The third-order valence-corrected chi connectivity index (χ3v) is 6.56. The molecule has 2 N–H and O–H groups in total. The van der Waals surface area contributed by atoms with Crippen LogP contribution in [0.15, 0.2) is 48.5 Å². The predicted octanol–water partition coefficient (Wildman–Crippen LogP) is 5.68. The summed E-state index contributed by atoms with van der Waals surface area (Å²) in [5.41, 5.74) is 1.42. The van der Waals surface area contributed by atoms with Gasteiger partial charge in [0.15, 0.2) is 0 Å². The molecule has 4 rings (SSSR count). The molecule has 5 nitrogen and oxygen atoms in total. The van der Waals surface area contributed by atoms with E-state index in [1.807, 2.05) is 11.0 Å². The third-order valence-electron chi connectivity index (χ3n) is 6.56. The number of anilines is 2. The van der Waals surface area contributed by atoms with Crippen LogP contribution in [0.4, 0.5) is 20.6 Å². The van der Waals surface area contributed by atoms with Crippen LogP contribution in [0.2, 0.25) is 0 Å². The molecule has 1 aliphatic heterocycles. The Morgan fingerprint density at radius 2 is 1.42 bits per heavy atom. The minimum atomic E-state index is -0.693. The molecule has 6 heteroatoms. The average molecular weight is 424 g/mol. The van der Waals surface area contributed by atoms with Gasteiger partial charge in [0.1, 0.15) is 5.82 Å². The molecule has 1 aliphatic carbocycles. The van der Waals surface area contributed by atoms with E-state index in [9.17, 15) is 14.0 Å². The Hall–Kier alpha value is -2.89. The van der Waals surface area contributed by atoms with Crippen molar-refractivity contribution in [2.45, 2.75) is 56.8 Å². The van der Waals surface area contributed by atoms with Crippen LogP contribution in [0.5, 0.6) is 0 Å². The Morgan fingerprint density at radius 1 is 0.806 bits per heavy atom. The molecule has 2 fully saturated rings. The van der Waals surface area contributed by atoms with Gasteiger partial charge >= 0.3 is 6.03 Å². The number of nitrogens with zero attached hydrogens (tertiary/aromatic N) is 1. The lowest BCUT2D eigenvalue weighted by Gasteiger charge is -2.28. The van der Waals surface area contributed by atoms with E-state index in [1.165, 1.54) is 25.0 Å². The van der Waals surface area contributed by atoms with E-state index in [0.717, 1.165) is 44.3 Å². The molecule has 1 saturated heterocycles. The molecule has 0 aromatic heterocycles. The van der Waals surface area contributed by atoms with E-state index < -0.39 is 5.41 Å². The Morgan fingerprint density at radius 3 is 2.03 bits per heavy atom. The first kappa shape index (κ1) is 21.3. The molecule has 3 amide bonds. The molecular formula is C25H30FN3O2. The highest BCUT2D eigenvalue weighted by molar-refractivity contribution is 5.99. The minimum Gasteiger partial charge on any atom is -0.325 e. The number of carbonyl (C=O) groups is 2. The van der Waals surface area contributed by atoms with Gasteiger partial charge in [0.05, 0.1) is 5.41 Å². The summed E-state index contributed by atoms with van der Waals surface area (Å²) in [5.74, 6) is -0.418. The summed E-state index contributed by atoms with van der Waals surface area (Å²) < 4.78 is 13.8. The maximum absolute atomic E-state index is 13.8. The molecule has 1 heterocycles.